The predicted molar refractivity (Wildman–Crippen MR) is 74.0 cm³/mol. The van der Waals surface area contributed by atoms with Gasteiger partial charge in [0.25, 0.3) is 0 Å². The van der Waals surface area contributed by atoms with Crippen LogP contribution in [0.4, 0.5) is 17.1 Å². The molecule has 104 valence electrons. The Kier molecular flexibility index (Phi) is 3.64. The molecule has 0 radical (unpaired) electrons. The van der Waals surface area contributed by atoms with Gasteiger partial charge in [0, 0.05) is 5.69 Å². The zero-order chi connectivity index (χ0) is 14.0. The molecule has 1 aliphatic rings. The monoisotopic (exact) mass is 265 g/mol. The van der Waals surface area contributed by atoms with E-state index in [0.717, 1.165) is 11.3 Å². The Hall–Kier alpha value is -1.79. The Morgan fingerprint density at radius 2 is 2.11 bits per heavy atom. The number of amides is 1. The minimum absolute atomic E-state index is 0.0578. The van der Waals surface area contributed by atoms with Gasteiger partial charge in [0.2, 0.25) is 5.91 Å². The van der Waals surface area contributed by atoms with E-state index in [-0.39, 0.29) is 19.1 Å². The Morgan fingerprint density at radius 3 is 2.68 bits per heavy atom. The van der Waals surface area contributed by atoms with Crippen molar-refractivity contribution < 1.29 is 15.0 Å². The first-order chi connectivity index (χ1) is 9.03. The van der Waals surface area contributed by atoms with Gasteiger partial charge in [0.05, 0.1) is 36.5 Å². The highest BCUT2D eigenvalue weighted by atomic mass is 16.3. The van der Waals surface area contributed by atoms with Crippen molar-refractivity contribution in [3.63, 3.8) is 0 Å². The molecule has 1 aromatic rings. The van der Waals surface area contributed by atoms with Crippen LogP contribution in [0, 0.1) is 0 Å². The van der Waals surface area contributed by atoms with E-state index in [9.17, 15) is 15.0 Å². The number of hydrogen-bond acceptors (Lipinski definition) is 5. The maximum Gasteiger partial charge on any atom is 0.228 e. The molecule has 6 nitrogen and oxygen atoms in total. The summed E-state index contributed by atoms with van der Waals surface area (Å²) < 4.78 is 0. The summed E-state index contributed by atoms with van der Waals surface area (Å²) in [6.07, 6.45) is 0.877. The highest BCUT2D eigenvalue weighted by Crippen LogP contribution is 2.33. The number of nitrogens with one attached hydrogen (secondary N) is 2. The average Bonchev–Trinajstić information content (AvgIpc) is 2.75. The van der Waals surface area contributed by atoms with Gasteiger partial charge < -0.3 is 26.6 Å². The number of carbonyl (C=O) groups excluding carboxylic acids is 1. The Bertz CT molecular complexity index is 490. The van der Waals surface area contributed by atoms with Gasteiger partial charge in [-0.1, -0.05) is 6.92 Å². The van der Waals surface area contributed by atoms with E-state index in [0.29, 0.717) is 24.2 Å². The van der Waals surface area contributed by atoms with Crippen molar-refractivity contribution in [2.24, 2.45) is 0 Å². The molecule has 1 amide bonds. The second-order valence-electron chi connectivity index (χ2n) is 4.90. The summed E-state index contributed by atoms with van der Waals surface area (Å²) in [5, 5.41) is 24.7. The van der Waals surface area contributed by atoms with Gasteiger partial charge in [-0.2, -0.15) is 0 Å². The van der Waals surface area contributed by atoms with Crippen LogP contribution in [-0.4, -0.2) is 34.9 Å². The Balaban J connectivity index is 2.31. The van der Waals surface area contributed by atoms with Crippen molar-refractivity contribution in [3.05, 3.63) is 17.7 Å². The normalized spacial score (nSPS) is 14.2. The summed E-state index contributed by atoms with van der Waals surface area (Å²) in [4.78, 5) is 11.3. The molecule has 1 aliphatic heterocycles. The molecule has 0 unspecified atom stereocenters. The molecule has 0 saturated carbocycles. The van der Waals surface area contributed by atoms with E-state index < -0.39 is 5.54 Å². The Morgan fingerprint density at radius 1 is 1.42 bits per heavy atom. The van der Waals surface area contributed by atoms with Crippen LogP contribution in [0.15, 0.2) is 12.1 Å². The second-order valence-corrected chi connectivity index (χ2v) is 4.90. The number of benzene rings is 1. The van der Waals surface area contributed by atoms with Gasteiger partial charge in [-0.25, -0.2) is 0 Å². The van der Waals surface area contributed by atoms with E-state index in [1.54, 1.807) is 12.1 Å². The lowest BCUT2D eigenvalue weighted by Gasteiger charge is -2.31. The SMILES string of the molecule is CCC(CO)(CO)Nc1cc2c(cc1N)CC(=O)N2. The highest BCUT2D eigenvalue weighted by molar-refractivity contribution is 6.00. The standard InChI is InChI=1S/C13H19N3O3/c1-2-13(6-17,7-18)16-11-5-10-8(3-9(11)14)4-12(19)15-10/h3,5,16-18H,2,4,6-7,14H2,1H3,(H,15,19). The molecule has 0 fully saturated rings. The molecule has 19 heavy (non-hydrogen) atoms. The number of fused-ring (bicyclic) bond motifs is 1. The van der Waals surface area contributed by atoms with Gasteiger partial charge >= 0.3 is 0 Å². The molecule has 6 heteroatoms. The number of nitrogens with two attached hydrogens (primary N) is 1. The number of aliphatic hydroxyl groups is 2. The number of anilines is 3. The van der Waals surface area contributed by atoms with E-state index in [1.165, 1.54) is 0 Å². The molecule has 0 bridgehead atoms. The fourth-order valence-electron chi connectivity index (χ4n) is 2.13. The molecule has 0 spiro atoms. The number of aliphatic hydroxyl groups excluding tert-OH is 2. The molecule has 1 heterocycles. The summed E-state index contributed by atoms with van der Waals surface area (Å²) in [7, 11) is 0. The minimum Gasteiger partial charge on any atom is -0.397 e. The van der Waals surface area contributed by atoms with Gasteiger partial charge in [-0.15, -0.1) is 0 Å². The highest BCUT2D eigenvalue weighted by Gasteiger charge is 2.28. The summed E-state index contributed by atoms with van der Waals surface area (Å²) in [5.41, 5.74) is 7.82. The molecule has 0 saturated heterocycles. The lowest BCUT2D eigenvalue weighted by molar-refractivity contribution is -0.115. The van der Waals surface area contributed by atoms with Gasteiger partial charge in [-0.3, -0.25) is 4.79 Å². The van der Waals surface area contributed by atoms with Gasteiger partial charge in [0.15, 0.2) is 0 Å². The third-order valence-electron chi connectivity index (χ3n) is 3.58. The Labute approximate surface area is 111 Å². The molecular weight excluding hydrogens is 246 g/mol. The van der Waals surface area contributed by atoms with Crippen molar-refractivity contribution in [2.75, 3.05) is 29.6 Å². The molecule has 1 aromatic carbocycles. The minimum atomic E-state index is -0.815. The number of rotatable bonds is 5. The molecule has 0 atom stereocenters. The molecule has 0 aromatic heterocycles. The maximum absolute atomic E-state index is 11.3. The maximum atomic E-state index is 11.3. The van der Waals surface area contributed by atoms with E-state index in [1.807, 2.05) is 6.92 Å². The number of carbonyl (C=O) groups is 1. The third kappa shape index (κ3) is 2.50. The van der Waals surface area contributed by atoms with Crippen LogP contribution in [0.1, 0.15) is 18.9 Å². The summed E-state index contributed by atoms with van der Waals surface area (Å²) in [5.74, 6) is -0.0578. The summed E-state index contributed by atoms with van der Waals surface area (Å²) in [6.45, 7) is 1.45. The fraction of sp³-hybridized carbons (Fsp3) is 0.462. The smallest absolute Gasteiger partial charge is 0.228 e. The van der Waals surface area contributed by atoms with Crippen LogP contribution in [0.25, 0.3) is 0 Å². The molecular formula is C13H19N3O3. The van der Waals surface area contributed by atoms with Crippen LogP contribution in [-0.2, 0) is 11.2 Å². The summed E-state index contributed by atoms with van der Waals surface area (Å²) in [6, 6.07) is 3.48. The zero-order valence-corrected chi connectivity index (χ0v) is 10.9. The van der Waals surface area contributed by atoms with Crippen molar-refractivity contribution in [2.45, 2.75) is 25.3 Å². The summed E-state index contributed by atoms with van der Waals surface area (Å²) >= 11 is 0. The predicted octanol–water partition coefficient (Wildman–Crippen LogP) is 0.309. The largest absolute Gasteiger partial charge is 0.397 e. The van der Waals surface area contributed by atoms with Crippen LogP contribution in [0.5, 0.6) is 0 Å². The van der Waals surface area contributed by atoms with Crippen LogP contribution in [0.2, 0.25) is 0 Å². The first-order valence-electron chi connectivity index (χ1n) is 6.25. The molecule has 2 rings (SSSR count). The van der Waals surface area contributed by atoms with E-state index in [2.05, 4.69) is 10.6 Å². The van der Waals surface area contributed by atoms with Crippen LogP contribution < -0.4 is 16.4 Å². The quantitative estimate of drug-likeness (QED) is 0.492. The van der Waals surface area contributed by atoms with Crippen LogP contribution in [0.3, 0.4) is 0 Å². The van der Waals surface area contributed by atoms with Crippen molar-refractivity contribution in [3.8, 4) is 0 Å². The van der Waals surface area contributed by atoms with E-state index >= 15 is 0 Å². The zero-order valence-electron chi connectivity index (χ0n) is 10.9. The fourth-order valence-corrected chi connectivity index (χ4v) is 2.13. The van der Waals surface area contributed by atoms with E-state index in [4.69, 9.17) is 5.73 Å². The number of hydrogen-bond donors (Lipinski definition) is 5. The van der Waals surface area contributed by atoms with Crippen LogP contribution >= 0.6 is 0 Å². The molecule has 6 N–H and O–H groups in total. The third-order valence-corrected chi connectivity index (χ3v) is 3.58. The van der Waals surface area contributed by atoms with Gasteiger partial charge in [0.1, 0.15) is 0 Å². The van der Waals surface area contributed by atoms with Crippen molar-refractivity contribution in [1.29, 1.82) is 0 Å². The number of nitrogen functional groups attached to an aromatic ring is 1. The second kappa shape index (κ2) is 5.07. The van der Waals surface area contributed by atoms with Gasteiger partial charge in [-0.05, 0) is 24.1 Å². The van der Waals surface area contributed by atoms with Crippen molar-refractivity contribution in [1.82, 2.24) is 0 Å². The average molecular weight is 265 g/mol. The lowest BCUT2D eigenvalue weighted by atomic mass is 9.97. The first-order valence-corrected chi connectivity index (χ1v) is 6.25. The first kappa shape index (κ1) is 13.6. The topological polar surface area (TPSA) is 108 Å². The molecule has 0 aliphatic carbocycles. The lowest BCUT2D eigenvalue weighted by Crippen LogP contribution is -2.45. The van der Waals surface area contributed by atoms with Crippen molar-refractivity contribution >= 4 is 23.0 Å².